The number of carbonyl (C=O) groups is 1. The first kappa shape index (κ1) is 14.9. The number of hydrogen-bond acceptors (Lipinski definition) is 3. The Labute approximate surface area is 130 Å². The fourth-order valence-electron chi connectivity index (χ4n) is 3.26. The predicted molar refractivity (Wildman–Crippen MR) is 83.8 cm³/mol. The second-order valence-electron chi connectivity index (χ2n) is 6.09. The first-order valence-electron chi connectivity index (χ1n) is 7.65. The Morgan fingerprint density at radius 2 is 2.14 bits per heavy atom. The van der Waals surface area contributed by atoms with Crippen LogP contribution in [0.2, 0.25) is 0 Å². The summed E-state index contributed by atoms with van der Waals surface area (Å²) >= 11 is 0. The molecule has 4 heteroatoms. The molecule has 0 bridgehead atoms. The molecule has 1 aromatic carbocycles. The van der Waals surface area contributed by atoms with Gasteiger partial charge in [0.25, 0.3) is 5.91 Å². The van der Waals surface area contributed by atoms with Crippen LogP contribution >= 0.6 is 0 Å². The van der Waals surface area contributed by atoms with Crippen LogP contribution in [0.5, 0.6) is 0 Å². The minimum absolute atomic E-state index is 0.196. The van der Waals surface area contributed by atoms with Gasteiger partial charge in [-0.05, 0) is 50.3 Å². The maximum atomic E-state index is 12.3. The quantitative estimate of drug-likeness (QED) is 0.916. The van der Waals surface area contributed by atoms with Gasteiger partial charge in [-0.15, -0.1) is 0 Å². The molecule has 1 aliphatic carbocycles. The van der Waals surface area contributed by atoms with Crippen molar-refractivity contribution in [1.82, 2.24) is 5.32 Å². The molecule has 1 heterocycles. The van der Waals surface area contributed by atoms with Crippen LogP contribution in [0.4, 0.5) is 0 Å². The molecule has 1 amide bonds. The Morgan fingerprint density at radius 1 is 1.36 bits per heavy atom. The highest BCUT2D eigenvalue weighted by atomic mass is 16.4. The van der Waals surface area contributed by atoms with Crippen LogP contribution in [0.15, 0.2) is 34.7 Å². The lowest BCUT2D eigenvalue weighted by Gasteiger charge is -2.34. The van der Waals surface area contributed by atoms with Crippen molar-refractivity contribution >= 4 is 5.91 Å². The van der Waals surface area contributed by atoms with Gasteiger partial charge in [-0.2, -0.15) is 0 Å². The Kier molecular flexibility index (Phi) is 3.79. The molecule has 3 rings (SSSR count). The van der Waals surface area contributed by atoms with Gasteiger partial charge in [0.2, 0.25) is 0 Å². The Hall–Kier alpha value is -2.07. The highest BCUT2D eigenvalue weighted by Gasteiger charge is 2.34. The van der Waals surface area contributed by atoms with Gasteiger partial charge < -0.3 is 14.8 Å². The summed E-state index contributed by atoms with van der Waals surface area (Å²) in [4.78, 5) is 12.3. The monoisotopic (exact) mass is 299 g/mol. The van der Waals surface area contributed by atoms with Gasteiger partial charge in [0.05, 0.1) is 6.54 Å². The fourth-order valence-corrected chi connectivity index (χ4v) is 3.26. The Morgan fingerprint density at radius 3 is 2.86 bits per heavy atom. The first-order chi connectivity index (χ1) is 10.5. The summed E-state index contributed by atoms with van der Waals surface area (Å²) in [7, 11) is 0. The Bertz CT molecular complexity index is 704. The Balaban J connectivity index is 1.76. The van der Waals surface area contributed by atoms with Crippen molar-refractivity contribution in [3.63, 3.8) is 0 Å². The van der Waals surface area contributed by atoms with Crippen molar-refractivity contribution in [3.05, 3.63) is 58.5 Å². The molecule has 0 fully saturated rings. The van der Waals surface area contributed by atoms with Gasteiger partial charge in [0.1, 0.15) is 11.4 Å². The summed E-state index contributed by atoms with van der Waals surface area (Å²) in [5.74, 6) is 0.761. The van der Waals surface area contributed by atoms with E-state index in [-0.39, 0.29) is 12.5 Å². The third kappa shape index (κ3) is 2.66. The normalized spacial score (nSPS) is 20.5. The van der Waals surface area contributed by atoms with Gasteiger partial charge >= 0.3 is 0 Å². The van der Waals surface area contributed by atoms with Crippen LogP contribution < -0.4 is 5.32 Å². The molecule has 0 saturated carbocycles. The molecule has 0 saturated heterocycles. The van der Waals surface area contributed by atoms with E-state index in [0.29, 0.717) is 17.9 Å². The van der Waals surface area contributed by atoms with E-state index in [1.807, 2.05) is 44.2 Å². The van der Waals surface area contributed by atoms with Crippen LogP contribution in [-0.2, 0) is 12.0 Å². The number of fused-ring (bicyclic) bond motifs is 1. The SMILES string of the molecule is Cc1cc(C)c(C(=O)NCC2(O)CCCc3ccccc32)o1. The van der Waals surface area contributed by atoms with Crippen LogP contribution in [0.25, 0.3) is 0 Å². The molecule has 0 spiro atoms. The average Bonchev–Trinajstić information content (AvgIpc) is 2.84. The van der Waals surface area contributed by atoms with Crippen LogP contribution in [0.3, 0.4) is 0 Å². The van der Waals surface area contributed by atoms with Crippen molar-refractivity contribution in [2.75, 3.05) is 6.54 Å². The van der Waals surface area contributed by atoms with E-state index in [4.69, 9.17) is 4.42 Å². The van der Waals surface area contributed by atoms with Gasteiger partial charge in [0, 0.05) is 5.56 Å². The van der Waals surface area contributed by atoms with Crippen molar-refractivity contribution in [1.29, 1.82) is 0 Å². The highest BCUT2D eigenvalue weighted by Crippen LogP contribution is 2.34. The number of furan rings is 1. The van der Waals surface area contributed by atoms with Crippen LogP contribution in [-0.4, -0.2) is 17.6 Å². The third-order valence-corrected chi connectivity index (χ3v) is 4.34. The van der Waals surface area contributed by atoms with Crippen molar-refractivity contribution in [2.24, 2.45) is 0 Å². The molecule has 0 aliphatic heterocycles. The lowest BCUT2D eigenvalue weighted by Crippen LogP contribution is -2.43. The summed E-state index contributed by atoms with van der Waals surface area (Å²) in [5.41, 5.74) is 1.90. The number of benzene rings is 1. The van der Waals surface area contributed by atoms with Crippen molar-refractivity contribution in [3.8, 4) is 0 Å². The summed E-state index contributed by atoms with van der Waals surface area (Å²) < 4.78 is 5.42. The molecule has 22 heavy (non-hydrogen) atoms. The van der Waals surface area contributed by atoms with E-state index < -0.39 is 5.60 Å². The van der Waals surface area contributed by atoms with E-state index in [9.17, 15) is 9.90 Å². The summed E-state index contributed by atoms with van der Waals surface area (Å²) in [5, 5.41) is 13.8. The topological polar surface area (TPSA) is 62.5 Å². The molecule has 1 aromatic heterocycles. The van der Waals surface area contributed by atoms with Gasteiger partial charge in [-0.3, -0.25) is 4.79 Å². The zero-order valence-corrected chi connectivity index (χ0v) is 13.0. The lowest BCUT2D eigenvalue weighted by molar-refractivity contribution is 0.0186. The molecule has 1 atom stereocenters. The van der Waals surface area contributed by atoms with E-state index in [1.165, 1.54) is 0 Å². The molecular weight excluding hydrogens is 278 g/mol. The standard InChI is InChI=1S/C18H21NO3/c1-12-10-13(2)22-16(12)17(20)19-11-18(21)9-5-7-14-6-3-4-8-15(14)18/h3-4,6,8,10,21H,5,7,9,11H2,1-2H3,(H,19,20). The van der Waals surface area contributed by atoms with Gasteiger partial charge in [-0.1, -0.05) is 24.3 Å². The smallest absolute Gasteiger partial charge is 0.287 e. The second-order valence-corrected chi connectivity index (χ2v) is 6.09. The highest BCUT2D eigenvalue weighted by molar-refractivity contribution is 5.92. The molecule has 0 radical (unpaired) electrons. The lowest BCUT2D eigenvalue weighted by atomic mass is 9.79. The zero-order chi connectivity index (χ0) is 15.7. The van der Waals surface area contributed by atoms with E-state index >= 15 is 0 Å². The number of nitrogens with one attached hydrogen (secondary N) is 1. The summed E-state index contributed by atoms with van der Waals surface area (Å²) in [6, 6.07) is 9.74. The number of amides is 1. The number of aryl methyl sites for hydroxylation is 3. The predicted octanol–water partition coefficient (Wildman–Crippen LogP) is 2.85. The minimum Gasteiger partial charge on any atom is -0.456 e. The molecule has 4 nitrogen and oxygen atoms in total. The van der Waals surface area contributed by atoms with Gasteiger partial charge in [0.15, 0.2) is 5.76 Å². The molecule has 1 aliphatic rings. The molecular formula is C18H21NO3. The molecule has 116 valence electrons. The van der Waals surface area contributed by atoms with Crippen LogP contribution in [0.1, 0.15) is 45.8 Å². The number of hydrogen-bond donors (Lipinski definition) is 2. The van der Waals surface area contributed by atoms with Crippen molar-refractivity contribution < 1.29 is 14.3 Å². The van der Waals surface area contributed by atoms with E-state index in [0.717, 1.165) is 29.5 Å². The maximum Gasteiger partial charge on any atom is 0.287 e. The second kappa shape index (κ2) is 5.61. The zero-order valence-electron chi connectivity index (χ0n) is 13.0. The van der Waals surface area contributed by atoms with Gasteiger partial charge in [-0.25, -0.2) is 0 Å². The van der Waals surface area contributed by atoms with Crippen molar-refractivity contribution in [2.45, 2.75) is 38.7 Å². The average molecular weight is 299 g/mol. The molecule has 2 aromatic rings. The van der Waals surface area contributed by atoms with Crippen LogP contribution in [0, 0.1) is 13.8 Å². The fraction of sp³-hybridized carbons (Fsp3) is 0.389. The largest absolute Gasteiger partial charge is 0.456 e. The van der Waals surface area contributed by atoms with E-state index in [1.54, 1.807) is 0 Å². The third-order valence-electron chi connectivity index (χ3n) is 4.34. The summed E-state index contributed by atoms with van der Waals surface area (Å²) in [6.45, 7) is 3.85. The number of aliphatic hydroxyl groups is 1. The molecule has 1 unspecified atom stereocenters. The minimum atomic E-state index is -1.000. The molecule has 2 N–H and O–H groups in total. The summed E-state index contributed by atoms with van der Waals surface area (Å²) in [6.07, 6.45) is 2.55. The maximum absolute atomic E-state index is 12.3. The first-order valence-corrected chi connectivity index (χ1v) is 7.65. The number of rotatable bonds is 3. The van der Waals surface area contributed by atoms with E-state index in [2.05, 4.69) is 5.32 Å². The number of carbonyl (C=O) groups excluding carboxylic acids is 1.